The number of rotatable bonds is 6. The zero-order valence-electron chi connectivity index (χ0n) is 11.2. The largest absolute Gasteiger partial charge is 0.480 e. The van der Waals surface area contributed by atoms with Crippen molar-refractivity contribution >= 4 is 35.1 Å². The lowest BCUT2D eigenvalue weighted by Gasteiger charge is -2.07. The molecule has 0 fully saturated rings. The first kappa shape index (κ1) is 16.6. The fraction of sp³-hybridized carbons (Fsp3) is 0.385. The van der Waals surface area contributed by atoms with Crippen LogP contribution in [0.2, 0.25) is 10.0 Å². The Hall–Kier alpha value is -1.46. The van der Waals surface area contributed by atoms with Crippen molar-refractivity contribution in [2.75, 3.05) is 13.2 Å². The summed E-state index contributed by atoms with van der Waals surface area (Å²) < 4.78 is 10.3. The summed E-state index contributed by atoms with van der Waals surface area (Å²) >= 11 is 11.6. The number of nitrogens with zero attached hydrogens (tertiary/aromatic N) is 1. The van der Waals surface area contributed by atoms with E-state index in [9.17, 15) is 4.79 Å². The van der Waals surface area contributed by atoms with Gasteiger partial charge in [0.25, 0.3) is 0 Å². The normalized spacial score (nSPS) is 11.1. The third kappa shape index (κ3) is 5.67. The van der Waals surface area contributed by atoms with Crippen molar-refractivity contribution in [1.82, 2.24) is 0 Å². The van der Waals surface area contributed by atoms with E-state index in [-0.39, 0.29) is 6.61 Å². The lowest BCUT2D eigenvalue weighted by Crippen LogP contribution is -2.14. The number of carbonyl (C=O) groups excluding carboxylic acids is 1. The summed E-state index contributed by atoms with van der Waals surface area (Å²) in [6.45, 7) is 3.81. The number of hydrogen-bond donors (Lipinski definition) is 0. The van der Waals surface area contributed by atoms with Crippen LogP contribution < -0.4 is 4.74 Å². The van der Waals surface area contributed by atoms with Crippen LogP contribution in [0.25, 0.3) is 0 Å². The molecule has 0 radical (unpaired) electrons. The number of halogens is 2. The molecule has 0 bridgehead atoms. The van der Waals surface area contributed by atoms with Crippen LogP contribution in [0.3, 0.4) is 0 Å². The minimum atomic E-state index is -0.651. The minimum Gasteiger partial charge on any atom is -0.480 e. The third-order valence-electron chi connectivity index (χ3n) is 2.10. The van der Waals surface area contributed by atoms with Crippen molar-refractivity contribution in [3.63, 3.8) is 0 Å². The molecule has 0 heterocycles. The van der Waals surface area contributed by atoms with Gasteiger partial charge in [-0.15, -0.1) is 0 Å². The third-order valence-corrected chi connectivity index (χ3v) is 2.63. The van der Waals surface area contributed by atoms with Gasteiger partial charge in [-0.05, 0) is 30.3 Å². The first-order valence-electron chi connectivity index (χ1n) is 6.04. The Labute approximate surface area is 127 Å². The first-order chi connectivity index (χ1) is 9.56. The topological polar surface area (TPSA) is 57.1 Å². The molecule has 0 atom stereocenters. The van der Waals surface area contributed by atoms with E-state index in [0.29, 0.717) is 34.7 Å². The SMILES string of the molecule is CCO/C(CC)=N\OC(=O)COc1ccc(Cl)cc1Cl. The number of ether oxygens (including phenoxy) is 2. The zero-order valence-corrected chi connectivity index (χ0v) is 12.7. The molecule has 0 aromatic heterocycles. The Balaban J connectivity index is 2.47. The second-order valence-electron chi connectivity index (χ2n) is 3.60. The van der Waals surface area contributed by atoms with E-state index in [1.54, 1.807) is 12.1 Å². The molecular weight excluding hydrogens is 305 g/mol. The van der Waals surface area contributed by atoms with Gasteiger partial charge < -0.3 is 14.3 Å². The molecule has 0 saturated carbocycles. The summed E-state index contributed by atoms with van der Waals surface area (Å²) in [7, 11) is 0. The highest BCUT2D eigenvalue weighted by Gasteiger charge is 2.08. The molecule has 1 aromatic rings. The van der Waals surface area contributed by atoms with Crippen LogP contribution in [0.1, 0.15) is 20.3 Å². The molecule has 20 heavy (non-hydrogen) atoms. The van der Waals surface area contributed by atoms with Gasteiger partial charge in [-0.2, -0.15) is 0 Å². The van der Waals surface area contributed by atoms with E-state index in [1.165, 1.54) is 6.07 Å². The second kappa shape index (κ2) is 8.66. The van der Waals surface area contributed by atoms with Crippen LogP contribution in [0.5, 0.6) is 5.75 Å². The van der Waals surface area contributed by atoms with E-state index in [0.717, 1.165) is 0 Å². The van der Waals surface area contributed by atoms with Gasteiger partial charge in [0.05, 0.1) is 11.6 Å². The molecule has 0 N–H and O–H groups in total. The summed E-state index contributed by atoms with van der Waals surface area (Å²) in [5, 5.41) is 4.39. The summed E-state index contributed by atoms with van der Waals surface area (Å²) in [6, 6.07) is 4.70. The van der Waals surface area contributed by atoms with E-state index in [2.05, 4.69) is 9.99 Å². The van der Waals surface area contributed by atoms with Crippen LogP contribution in [0.15, 0.2) is 23.4 Å². The van der Waals surface area contributed by atoms with Crippen molar-refractivity contribution in [2.45, 2.75) is 20.3 Å². The van der Waals surface area contributed by atoms with E-state index < -0.39 is 5.97 Å². The Kier molecular flexibility index (Phi) is 7.18. The quantitative estimate of drug-likeness (QED) is 0.347. The number of benzene rings is 1. The summed E-state index contributed by atoms with van der Waals surface area (Å²) in [5.41, 5.74) is 0. The number of oxime groups is 1. The lowest BCUT2D eigenvalue weighted by molar-refractivity contribution is -0.146. The molecule has 0 saturated heterocycles. The average molecular weight is 320 g/mol. The van der Waals surface area contributed by atoms with Gasteiger partial charge in [0, 0.05) is 11.4 Å². The van der Waals surface area contributed by atoms with Crippen molar-refractivity contribution in [3.8, 4) is 5.75 Å². The summed E-state index contributed by atoms with van der Waals surface area (Å²) in [5.74, 6) is 0.0459. The highest BCUT2D eigenvalue weighted by molar-refractivity contribution is 6.35. The summed E-state index contributed by atoms with van der Waals surface area (Å²) in [6.07, 6.45) is 0.533. The molecular formula is C13H15Cl2NO4. The van der Waals surface area contributed by atoms with Crippen molar-refractivity contribution < 1.29 is 19.1 Å². The first-order valence-corrected chi connectivity index (χ1v) is 6.79. The van der Waals surface area contributed by atoms with Crippen LogP contribution in [-0.4, -0.2) is 25.1 Å². The van der Waals surface area contributed by atoms with Gasteiger partial charge in [0.1, 0.15) is 5.75 Å². The molecule has 0 amide bonds. The molecule has 1 aromatic carbocycles. The molecule has 0 unspecified atom stereocenters. The number of carbonyl (C=O) groups is 1. The van der Waals surface area contributed by atoms with Crippen molar-refractivity contribution in [3.05, 3.63) is 28.2 Å². The highest BCUT2D eigenvalue weighted by Crippen LogP contribution is 2.27. The maximum absolute atomic E-state index is 11.4. The Morgan fingerprint density at radius 3 is 2.65 bits per heavy atom. The molecule has 0 spiro atoms. The highest BCUT2D eigenvalue weighted by atomic mass is 35.5. The molecule has 7 heteroatoms. The fourth-order valence-corrected chi connectivity index (χ4v) is 1.68. The maximum atomic E-state index is 11.4. The molecule has 0 aliphatic rings. The average Bonchev–Trinajstić information content (AvgIpc) is 2.42. The summed E-state index contributed by atoms with van der Waals surface area (Å²) in [4.78, 5) is 16.1. The van der Waals surface area contributed by atoms with Crippen LogP contribution >= 0.6 is 23.2 Å². The van der Waals surface area contributed by atoms with Crippen molar-refractivity contribution in [1.29, 1.82) is 0 Å². The van der Waals surface area contributed by atoms with Gasteiger partial charge in [0.15, 0.2) is 6.61 Å². The smallest absolute Gasteiger partial charge is 0.372 e. The van der Waals surface area contributed by atoms with Gasteiger partial charge in [-0.3, -0.25) is 0 Å². The van der Waals surface area contributed by atoms with Gasteiger partial charge in [0.2, 0.25) is 5.90 Å². The predicted molar refractivity (Wildman–Crippen MR) is 77.4 cm³/mol. The standard InChI is InChI=1S/C13H15Cl2NO4/c1-3-12(18-4-2)16-20-13(17)8-19-11-6-5-9(14)7-10(11)15/h5-7H,3-4,8H2,1-2H3/b16-12-. The molecule has 110 valence electrons. The maximum Gasteiger partial charge on any atom is 0.372 e. The van der Waals surface area contributed by atoms with E-state index >= 15 is 0 Å². The minimum absolute atomic E-state index is 0.312. The van der Waals surface area contributed by atoms with Crippen LogP contribution in [0, 0.1) is 0 Å². The molecule has 0 aliphatic carbocycles. The van der Waals surface area contributed by atoms with Gasteiger partial charge in [-0.25, -0.2) is 4.79 Å². The molecule has 1 rings (SSSR count). The van der Waals surface area contributed by atoms with Gasteiger partial charge >= 0.3 is 5.97 Å². The Morgan fingerprint density at radius 1 is 1.30 bits per heavy atom. The van der Waals surface area contributed by atoms with Crippen molar-refractivity contribution in [2.24, 2.45) is 5.16 Å². The van der Waals surface area contributed by atoms with Gasteiger partial charge in [-0.1, -0.05) is 30.1 Å². The molecule has 5 nitrogen and oxygen atoms in total. The second-order valence-corrected chi connectivity index (χ2v) is 4.44. The fourth-order valence-electron chi connectivity index (χ4n) is 1.22. The monoisotopic (exact) mass is 319 g/mol. The molecule has 0 aliphatic heterocycles. The van der Waals surface area contributed by atoms with E-state index in [1.807, 2.05) is 13.8 Å². The zero-order chi connectivity index (χ0) is 15.0. The lowest BCUT2D eigenvalue weighted by atomic mass is 10.3. The van der Waals surface area contributed by atoms with E-state index in [4.69, 9.17) is 32.7 Å². The number of hydrogen-bond acceptors (Lipinski definition) is 5. The Bertz CT molecular complexity index is 491. The van der Waals surface area contributed by atoms with Crippen LogP contribution in [-0.2, 0) is 14.4 Å². The van der Waals surface area contributed by atoms with Crippen LogP contribution in [0.4, 0.5) is 0 Å². The Morgan fingerprint density at radius 2 is 2.05 bits per heavy atom. The predicted octanol–water partition coefficient (Wildman–Crippen LogP) is 3.68.